The average Bonchev–Trinajstić information content (AvgIpc) is 3.75. The van der Waals surface area contributed by atoms with E-state index >= 15 is 0 Å². The number of nitrogens with zero attached hydrogens (tertiary/aromatic N) is 1. The van der Waals surface area contributed by atoms with E-state index in [1.807, 2.05) is 0 Å². The van der Waals surface area contributed by atoms with Gasteiger partial charge in [0, 0.05) is 22.5 Å². The quantitative estimate of drug-likeness (QED) is 0.146. The molecule has 0 radical (unpaired) electrons. The number of hydrogen-bond acceptors (Lipinski definition) is 1. The molecule has 1 heterocycles. The summed E-state index contributed by atoms with van der Waals surface area (Å²) in [5.74, 6) is 0. The molecule has 9 aromatic carbocycles. The Hall–Kier alpha value is -7.00. The van der Waals surface area contributed by atoms with Gasteiger partial charge in [0.15, 0.2) is 8.07 Å². The van der Waals surface area contributed by atoms with E-state index < -0.39 is 8.07 Å². The van der Waals surface area contributed by atoms with Crippen molar-refractivity contribution in [2.24, 2.45) is 0 Å². The minimum absolute atomic E-state index is 0.314. The molecular formula is C57H43NSi. The van der Waals surface area contributed by atoms with E-state index in [0.29, 0.717) is 0 Å². The molecule has 1 unspecified atom stereocenters. The van der Waals surface area contributed by atoms with Gasteiger partial charge in [0.25, 0.3) is 0 Å². The zero-order valence-corrected chi connectivity index (χ0v) is 34.3. The highest BCUT2D eigenvalue weighted by Crippen LogP contribution is 2.54. The van der Waals surface area contributed by atoms with Gasteiger partial charge in [0.2, 0.25) is 0 Å². The zero-order valence-electron chi connectivity index (χ0n) is 33.3. The molecule has 1 atom stereocenters. The third kappa shape index (κ3) is 5.37. The predicted octanol–water partition coefficient (Wildman–Crippen LogP) is 11.8. The van der Waals surface area contributed by atoms with E-state index in [9.17, 15) is 0 Å². The van der Waals surface area contributed by atoms with E-state index in [0.717, 1.165) is 17.1 Å². The minimum Gasteiger partial charge on any atom is -0.310 e. The molecule has 0 saturated heterocycles. The van der Waals surface area contributed by atoms with Crippen LogP contribution in [0.25, 0.3) is 33.4 Å². The fourth-order valence-electron chi connectivity index (χ4n) is 10.4. The Morgan fingerprint density at radius 3 is 1.58 bits per heavy atom. The maximum atomic E-state index is 2.52. The molecule has 11 rings (SSSR count). The normalized spacial score (nSPS) is 15.5. The van der Waals surface area contributed by atoms with Crippen LogP contribution in [0, 0.1) is 6.92 Å². The number of fused-ring (bicyclic) bond motifs is 6. The Morgan fingerprint density at radius 1 is 0.373 bits per heavy atom. The first-order chi connectivity index (χ1) is 29.0. The van der Waals surface area contributed by atoms with Gasteiger partial charge in [-0.1, -0.05) is 188 Å². The number of benzene rings is 9. The van der Waals surface area contributed by atoms with Gasteiger partial charge in [-0.2, -0.15) is 0 Å². The number of hydrogen-bond donors (Lipinski definition) is 0. The first kappa shape index (κ1) is 35.2. The molecule has 1 aliphatic heterocycles. The molecule has 9 aromatic rings. The molecule has 0 spiro atoms. The van der Waals surface area contributed by atoms with Crippen molar-refractivity contribution in [2.45, 2.75) is 19.3 Å². The predicted molar refractivity (Wildman–Crippen MR) is 251 cm³/mol. The summed E-state index contributed by atoms with van der Waals surface area (Å²) in [6.07, 6.45) is 0. The first-order valence-electron chi connectivity index (χ1n) is 20.7. The molecule has 0 aromatic heterocycles. The molecule has 0 bridgehead atoms. The molecule has 0 saturated carbocycles. The second-order valence-corrected chi connectivity index (χ2v) is 20.0. The molecular weight excluding hydrogens is 727 g/mol. The Bertz CT molecular complexity index is 2960. The van der Waals surface area contributed by atoms with E-state index in [4.69, 9.17) is 0 Å². The maximum Gasteiger partial charge on any atom is 0.180 e. The van der Waals surface area contributed by atoms with Gasteiger partial charge in [0.05, 0.1) is 0 Å². The van der Waals surface area contributed by atoms with E-state index in [-0.39, 0.29) is 5.41 Å². The lowest BCUT2D eigenvalue weighted by atomic mass is 9.74. The third-order valence-corrected chi connectivity index (χ3v) is 17.9. The molecule has 1 aliphatic carbocycles. The maximum absolute atomic E-state index is 2.74. The Labute approximate surface area is 348 Å². The van der Waals surface area contributed by atoms with Crippen molar-refractivity contribution in [2.75, 3.05) is 4.90 Å². The highest BCUT2D eigenvalue weighted by molar-refractivity contribution is 7.22. The van der Waals surface area contributed by atoms with Crippen LogP contribution in [0.5, 0.6) is 0 Å². The third-order valence-electron chi connectivity index (χ3n) is 13.1. The largest absolute Gasteiger partial charge is 0.310 e. The summed E-state index contributed by atoms with van der Waals surface area (Å²) in [4.78, 5) is 2.50. The molecule has 0 fully saturated rings. The second kappa shape index (κ2) is 13.8. The standard InChI is InChI=1S/C57H43NSi/c1-40-36-46(38-48(37-40)59(47-22-10-5-11-23-47)55-28-16-13-25-51(55)52-26-14-17-29-56(52)59)58(44-32-30-42(31-33-44)41-18-6-3-7-19-41)45-34-35-50-49-24-12-15-27-53(49)57(2,54(50)39-45)43-20-8-4-9-21-43/h3-39H,1-2H3. The average molecular weight is 770 g/mol. The Morgan fingerprint density at radius 2 is 0.898 bits per heavy atom. The molecule has 0 N–H and O–H groups in total. The summed E-state index contributed by atoms with van der Waals surface area (Å²) < 4.78 is 0. The zero-order chi connectivity index (χ0) is 39.6. The Balaban J connectivity index is 1.16. The van der Waals surface area contributed by atoms with Gasteiger partial charge in [0.1, 0.15) is 0 Å². The molecule has 1 nitrogen and oxygen atoms in total. The van der Waals surface area contributed by atoms with Crippen LogP contribution in [0.2, 0.25) is 0 Å². The lowest BCUT2D eigenvalue weighted by molar-refractivity contribution is 0.714. The van der Waals surface area contributed by atoms with E-state index in [2.05, 4.69) is 243 Å². The van der Waals surface area contributed by atoms with Crippen molar-refractivity contribution in [3.05, 3.63) is 247 Å². The second-order valence-electron chi connectivity index (χ2n) is 16.3. The van der Waals surface area contributed by atoms with Crippen molar-refractivity contribution >= 4 is 45.9 Å². The fourth-order valence-corrected chi connectivity index (χ4v) is 15.7. The number of rotatable bonds is 7. The molecule has 2 aliphatic rings. The van der Waals surface area contributed by atoms with Crippen molar-refractivity contribution in [1.82, 2.24) is 0 Å². The van der Waals surface area contributed by atoms with Gasteiger partial charge >= 0.3 is 0 Å². The number of aryl methyl sites for hydroxylation is 1. The van der Waals surface area contributed by atoms with Crippen LogP contribution in [-0.4, -0.2) is 8.07 Å². The molecule has 2 heteroatoms. The summed E-state index contributed by atoms with van der Waals surface area (Å²) >= 11 is 0. The fraction of sp³-hybridized carbons (Fsp3) is 0.0526. The van der Waals surface area contributed by atoms with Crippen molar-refractivity contribution < 1.29 is 0 Å². The van der Waals surface area contributed by atoms with Gasteiger partial charge < -0.3 is 4.90 Å². The van der Waals surface area contributed by atoms with Gasteiger partial charge in [-0.3, -0.25) is 0 Å². The number of anilines is 3. The van der Waals surface area contributed by atoms with Gasteiger partial charge in [-0.25, -0.2) is 0 Å². The summed E-state index contributed by atoms with van der Waals surface area (Å²) in [7, 11) is -2.74. The van der Waals surface area contributed by atoms with E-state index in [1.165, 1.54) is 76.4 Å². The van der Waals surface area contributed by atoms with Gasteiger partial charge in [-0.05, 0) is 127 Å². The minimum atomic E-state index is -2.74. The topological polar surface area (TPSA) is 3.24 Å². The van der Waals surface area contributed by atoms with Crippen LogP contribution in [0.15, 0.2) is 224 Å². The van der Waals surface area contributed by atoms with Crippen LogP contribution in [0.1, 0.15) is 29.2 Å². The molecule has 280 valence electrons. The summed E-state index contributed by atoms with van der Waals surface area (Å²) in [6, 6.07) is 84.0. The SMILES string of the molecule is Cc1cc(N(c2ccc(-c3ccccc3)cc2)c2ccc3c(c2)C(C)(c2ccccc2)c2ccccc2-3)cc([Si]2(c3ccccc3)c3ccccc3-c3ccccc32)c1. The van der Waals surface area contributed by atoms with Crippen molar-refractivity contribution in [3.8, 4) is 33.4 Å². The van der Waals surface area contributed by atoms with Crippen LogP contribution in [0.3, 0.4) is 0 Å². The summed E-state index contributed by atoms with van der Waals surface area (Å²) in [5.41, 5.74) is 16.1. The molecule has 59 heavy (non-hydrogen) atoms. The van der Waals surface area contributed by atoms with Crippen LogP contribution >= 0.6 is 0 Å². The first-order valence-corrected chi connectivity index (χ1v) is 22.7. The highest BCUT2D eigenvalue weighted by Gasteiger charge is 2.49. The molecule has 0 amide bonds. The monoisotopic (exact) mass is 769 g/mol. The summed E-state index contributed by atoms with van der Waals surface area (Å²) in [5, 5.41) is 5.71. The summed E-state index contributed by atoms with van der Waals surface area (Å²) in [6.45, 7) is 4.68. The Kier molecular flexibility index (Phi) is 8.25. The smallest absolute Gasteiger partial charge is 0.180 e. The van der Waals surface area contributed by atoms with E-state index in [1.54, 1.807) is 0 Å². The lowest BCUT2D eigenvalue weighted by Crippen LogP contribution is -2.72. The van der Waals surface area contributed by atoms with Crippen LogP contribution in [0.4, 0.5) is 17.1 Å². The van der Waals surface area contributed by atoms with Crippen LogP contribution < -0.4 is 25.6 Å². The van der Waals surface area contributed by atoms with Crippen molar-refractivity contribution in [3.63, 3.8) is 0 Å². The van der Waals surface area contributed by atoms with Gasteiger partial charge in [-0.15, -0.1) is 0 Å². The highest BCUT2D eigenvalue weighted by atomic mass is 28.3. The van der Waals surface area contributed by atoms with Crippen molar-refractivity contribution in [1.29, 1.82) is 0 Å². The van der Waals surface area contributed by atoms with Crippen LogP contribution in [-0.2, 0) is 5.41 Å². The lowest BCUT2D eigenvalue weighted by Gasteiger charge is -2.34.